The van der Waals surface area contributed by atoms with Gasteiger partial charge in [0.2, 0.25) is 5.91 Å². The van der Waals surface area contributed by atoms with Gasteiger partial charge in [-0.3, -0.25) is 9.69 Å². The van der Waals surface area contributed by atoms with Crippen molar-refractivity contribution in [2.75, 3.05) is 26.2 Å². The van der Waals surface area contributed by atoms with Gasteiger partial charge in [0.25, 0.3) is 0 Å². The van der Waals surface area contributed by atoms with Crippen LogP contribution in [0.25, 0.3) is 0 Å². The fraction of sp³-hybridized carbons (Fsp3) is 0.643. The van der Waals surface area contributed by atoms with Crippen LogP contribution in [0, 0.1) is 0 Å². The maximum Gasteiger partial charge on any atom is 0.234 e. The summed E-state index contributed by atoms with van der Waals surface area (Å²) in [6.07, 6.45) is 3.98. The Balaban J connectivity index is 1.75. The molecule has 2 heterocycles. The van der Waals surface area contributed by atoms with E-state index in [4.69, 9.17) is 4.42 Å². The second-order valence-corrected chi connectivity index (χ2v) is 4.92. The Morgan fingerprint density at radius 1 is 1.63 bits per heavy atom. The molecule has 1 unspecified atom stereocenters. The molecule has 2 N–H and O–H groups in total. The monoisotopic (exact) mass is 265 g/mol. The molecule has 0 bridgehead atoms. The molecule has 1 amide bonds. The Morgan fingerprint density at radius 2 is 2.53 bits per heavy atom. The average molecular weight is 265 g/mol. The number of piperidine rings is 1. The average Bonchev–Trinajstić information content (AvgIpc) is 2.97. The van der Waals surface area contributed by atoms with Crippen molar-refractivity contribution < 1.29 is 9.21 Å². The molecule has 1 aliphatic rings. The minimum Gasteiger partial charge on any atom is -0.467 e. The van der Waals surface area contributed by atoms with Crippen molar-refractivity contribution in [3.63, 3.8) is 0 Å². The molecule has 1 atom stereocenters. The molecule has 1 aromatic rings. The molecule has 1 saturated heterocycles. The molecule has 0 spiro atoms. The summed E-state index contributed by atoms with van der Waals surface area (Å²) in [5.74, 6) is 0.847. The number of carbonyl (C=O) groups excluding carboxylic acids is 1. The largest absolute Gasteiger partial charge is 0.467 e. The summed E-state index contributed by atoms with van der Waals surface area (Å²) in [6, 6.07) is 4.17. The second-order valence-electron chi connectivity index (χ2n) is 4.92. The highest BCUT2D eigenvalue weighted by Gasteiger charge is 2.21. The van der Waals surface area contributed by atoms with E-state index in [9.17, 15) is 4.79 Å². The smallest absolute Gasteiger partial charge is 0.234 e. The predicted octanol–water partition coefficient (Wildman–Crippen LogP) is 0.970. The third-order valence-corrected chi connectivity index (χ3v) is 3.58. The number of carbonyl (C=O) groups is 1. The van der Waals surface area contributed by atoms with Crippen molar-refractivity contribution in [3.8, 4) is 0 Å². The topological polar surface area (TPSA) is 57.5 Å². The van der Waals surface area contributed by atoms with Crippen molar-refractivity contribution in [1.82, 2.24) is 15.5 Å². The van der Waals surface area contributed by atoms with Crippen molar-refractivity contribution in [2.24, 2.45) is 0 Å². The van der Waals surface area contributed by atoms with E-state index in [2.05, 4.69) is 22.5 Å². The third-order valence-electron chi connectivity index (χ3n) is 3.58. The van der Waals surface area contributed by atoms with E-state index >= 15 is 0 Å². The van der Waals surface area contributed by atoms with E-state index < -0.39 is 0 Å². The molecule has 5 heteroatoms. The zero-order valence-corrected chi connectivity index (χ0v) is 11.5. The molecule has 2 rings (SSSR count). The molecular weight excluding hydrogens is 242 g/mol. The van der Waals surface area contributed by atoms with Crippen LogP contribution in [0.1, 0.15) is 25.5 Å². The van der Waals surface area contributed by atoms with Gasteiger partial charge in [-0.05, 0) is 38.1 Å². The molecule has 1 fully saturated rings. The number of hydrogen-bond donors (Lipinski definition) is 2. The molecule has 1 aliphatic heterocycles. The van der Waals surface area contributed by atoms with Gasteiger partial charge in [-0.2, -0.15) is 0 Å². The lowest BCUT2D eigenvalue weighted by Crippen LogP contribution is -2.49. The molecule has 0 aliphatic carbocycles. The highest BCUT2D eigenvalue weighted by atomic mass is 16.3. The first-order valence-corrected chi connectivity index (χ1v) is 7.03. The van der Waals surface area contributed by atoms with Crippen LogP contribution < -0.4 is 10.6 Å². The number of nitrogens with zero attached hydrogens (tertiary/aromatic N) is 1. The van der Waals surface area contributed by atoms with Gasteiger partial charge in [-0.15, -0.1) is 0 Å². The minimum absolute atomic E-state index is 0.0591. The lowest BCUT2D eigenvalue weighted by molar-refractivity contribution is -0.123. The van der Waals surface area contributed by atoms with E-state index in [1.54, 1.807) is 6.26 Å². The van der Waals surface area contributed by atoms with Crippen LogP contribution in [-0.4, -0.2) is 43.0 Å². The molecule has 0 aromatic carbocycles. The summed E-state index contributed by atoms with van der Waals surface area (Å²) in [5.41, 5.74) is 0. The Bertz CT molecular complexity index is 372. The van der Waals surface area contributed by atoms with Gasteiger partial charge in [0.1, 0.15) is 5.76 Å². The normalized spacial score (nSPS) is 19.6. The van der Waals surface area contributed by atoms with Gasteiger partial charge in [-0.1, -0.05) is 6.92 Å². The van der Waals surface area contributed by atoms with Gasteiger partial charge < -0.3 is 15.1 Å². The first-order valence-electron chi connectivity index (χ1n) is 7.03. The van der Waals surface area contributed by atoms with Crippen molar-refractivity contribution >= 4 is 5.91 Å². The molecule has 19 heavy (non-hydrogen) atoms. The minimum atomic E-state index is 0.0591. The Kier molecular flexibility index (Phi) is 5.42. The first-order chi connectivity index (χ1) is 9.29. The van der Waals surface area contributed by atoms with E-state index in [1.165, 1.54) is 12.8 Å². The Hall–Kier alpha value is -1.33. The van der Waals surface area contributed by atoms with Crippen molar-refractivity contribution in [3.05, 3.63) is 24.2 Å². The number of amides is 1. The third kappa shape index (κ3) is 4.36. The summed E-state index contributed by atoms with van der Waals surface area (Å²) >= 11 is 0. The van der Waals surface area contributed by atoms with Gasteiger partial charge in [0.05, 0.1) is 19.4 Å². The lowest BCUT2D eigenvalue weighted by atomic mass is 10.1. The zero-order valence-electron chi connectivity index (χ0n) is 11.5. The number of likely N-dealkylation sites (N-methyl/N-ethyl adjacent to an activating group) is 1. The summed E-state index contributed by atoms with van der Waals surface area (Å²) in [4.78, 5) is 14.2. The molecule has 0 radical (unpaired) electrons. The number of furan rings is 1. The SMILES string of the molecule is CCN(CC(=O)NCc1ccco1)C1CCCNC1. The first kappa shape index (κ1) is 14.1. The zero-order chi connectivity index (χ0) is 13.5. The van der Waals surface area contributed by atoms with E-state index in [-0.39, 0.29) is 5.91 Å². The summed E-state index contributed by atoms with van der Waals surface area (Å²) in [6.45, 7) is 6.02. The maximum absolute atomic E-state index is 11.9. The second kappa shape index (κ2) is 7.31. The van der Waals surface area contributed by atoms with Crippen LogP contribution >= 0.6 is 0 Å². The van der Waals surface area contributed by atoms with E-state index in [0.717, 1.165) is 25.4 Å². The van der Waals surface area contributed by atoms with Crippen molar-refractivity contribution in [2.45, 2.75) is 32.4 Å². The molecular formula is C14H23N3O2. The van der Waals surface area contributed by atoms with Gasteiger partial charge in [0.15, 0.2) is 0 Å². The van der Waals surface area contributed by atoms with Crippen LogP contribution in [-0.2, 0) is 11.3 Å². The number of hydrogen-bond acceptors (Lipinski definition) is 4. The number of rotatable bonds is 6. The molecule has 0 saturated carbocycles. The number of nitrogens with one attached hydrogen (secondary N) is 2. The van der Waals surface area contributed by atoms with Crippen LogP contribution in [0.4, 0.5) is 0 Å². The van der Waals surface area contributed by atoms with E-state index in [1.807, 2.05) is 12.1 Å². The predicted molar refractivity (Wildman–Crippen MR) is 73.7 cm³/mol. The molecule has 1 aromatic heterocycles. The Labute approximate surface area is 114 Å². The standard InChI is InChI=1S/C14H23N3O2/c1-2-17(12-5-3-7-15-9-12)11-14(18)16-10-13-6-4-8-19-13/h4,6,8,12,15H,2-3,5,7,9-11H2,1H3,(H,16,18). The van der Waals surface area contributed by atoms with Crippen LogP contribution in [0.3, 0.4) is 0 Å². The fourth-order valence-corrected chi connectivity index (χ4v) is 2.48. The van der Waals surface area contributed by atoms with Gasteiger partial charge in [0, 0.05) is 12.6 Å². The van der Waals surface area contributed by atoms with Crippen LogP contribution in [0.5, 0.6) is 0 Å². The fourth-order valence-electron chi connectivity index (χ4n) is 2.48. The van der Waals surface area contributed by atoms with Crippen molar-refractivity contribution in [1.29, 1.82) is 0 Å². The summed E-state index contributed by atoms with van der Waals surface area (Å²) in [7, 11) is 0. The van der Waals surface area contributed by atoms with Gasteiger partial charge in [-0.25, -0.2) is 0 Å². The molecule has 106 valence electrons. The Morgan fingerprint density at radius 3 is 3.16 bits per heavy atom. The highest BCUT2D eigenvalue weighted by Crippen LogP contribution is 2.09. The maximum atomic E-state index is 11.9. The quantitative estimate of drug-likeness (QED) is 0.805. The van der Waals surface area contributed by atoms with Crippen LogP contribution in [0.15, 0.2) is 22.8 Å². The van der Waals surface area contributed by atoms with Crippen LogP contribution in [0.2, 0.25) is 0 Å². The molecule has 5 nitrogen and oxygen atoms in total. The van der Waals surface area contributed by atoms with Gasteiger partial charge >= 0.3 is 0 Å². The highest BCUT2D eigenvalue weighted by molar-refractivity contribution is 5.77. The van der Waals surface area contributed by atoms with E-state index in [0.29, 0.717) is 19.1 Å². The summed E-state index contributed by atoms with van der Waals surface area (Å²) < 4.78 is 5.19. The summed E-state index contributed by atoms with van der Waals surface area (Å²) in [5, 5.41) is 6.28. The lowest BCUT2D eigenvalue weighted by Gasteiger charge is -2.33.